The van der Waals surface area contributed by atoms with E-state index in [0.29, 0.717) is 0 Å². The molecule has 1 atom stereocenters. The molecule has 2 rings (SSSR count). The summed E-state index contributed by atoms with van der Waals surface area (Å²) < 4.78 is 5.30. The first kappa shape index (κ1) is 12.7. The average molecular weight is 241 g/mol. The molecule has 18 heavy (non-hydrogen) atoms. The summed E-state index contributed by atoms with van der Waals surface area (Å²) in [7, 11) is 3.69. The quantitative estimate of drug-likeness (QED) is 0.886. The Hall–Kier alpha value is -1.80. The van der Waals surface area contributed by atoms with E-state index in [4.69, 9.17) is 4.74 Å². The van der Waals surface area contributed by atoms with Gasteiger partial charge in [-0.1, -0.05) is 42.5 Å². The normalized spacial score (nSPS) is 12.2. The van der Waals surface area contributed by atoms with E-state index in [2.05, 4.69) is 48.6 Å². The summed E-state index contributed by atoms with van der Waals surface area (Å²) in [6, 6.07) is 17.0. The van der Waals surface area contributed by atoms with E-state index in [0.717, 1.165) is 11.3 Å². The summed E-state index contributed by atoms with van der Waals surface area (Å²) >= 11 is 0. The van der Waals surface area contributed by atoms with E-state index in [9.17, 15) is 0 Å². The fourth-order valence-electron chi connectivity index (χ4n) is 2.25. The second kappa shape index (κ2) is 5.69. The van der Waals surface area contributed by atoms with Gasteiger partial charge in [0.15, 0.2) is 0 Å². The summed E-state index contributed by atoms with van der Waals surface area (Å²) in [5.41, 5.74) is 3.68. The Morgan fingerprint density at radius 1 is 1.00 bits per heavy atom. The highest BCUT2D eigenvalue weighted by molar-refractivity contribution is 5.40. The van der Waals surface area contributed by atoms with Gasteiger partial charge in [-0.05, 0) is 36.7 Å². The zero-order chi connectivity index (χ0) is 13.0. The van der Waals surface area contributed by atoms with Crippen molar-refractivity contribution in [2.45, 2.75) is 13.0 Å². The summed E-state index contributed by atoms with van der Waals surface area (Å²) in [5, 5.41) is 3.36. The van der Waals surface area contributed by atoms with Crippen LogP contribution in [0, 0.1) is 6.92 Å². The lowest BCUT2D eigenvalue weighted by Gasteiger charge is -2.18. The van der Waals surface area contributed by atoms with Gasteiger partial charge in [0.25, 0.3) is 0 Å². The van der Waals surface area contributed by atoms with Gasteiger partial charge in [0.2, 0.25) is 0 Å². The van der Waals surface area contributed by atoms with Crippen LogP contribution in [0.25, 0.3) is 0 Å². The molecule has 2 aromatic rings. The van der Waals surface area contributed by atoms with Crippen molar-refractivity contribution in [1.29, 1.82) is 0 Å². The molecule has 0 aliphatic heterocycles. The smallest absolute Gasteiger partial charge is 0.121 e. The summed E-state index contributed by atoms with van der Waals surface area (Å²) in [6.07, 6.45) is 0. The highest BCUT2D eigenvalue weighted by Gasteiger charge is 2.12. The highest BCUT2D eigenvalue weighted by Crippen LogP contribution is 2.26. The van der Waals surface area contributed by atoms with E-state index in [1.165, 1.54) is 11.1 Å². The first-order valence-electron chi connectivity index (χ1n) is 6.13. The van der Waals surface area contributed by atoms with Crippen LogP contribution in [0.5, 0.6) is 5.75 Å². The molecule has 0 amide bonds. The molecule has 0 radical (unpaired) electrons. The third-order valence-electron chi connectivity index (χ3n) is 3.17. The number of hydrogen-bond donors (Lipinski definition) is 1. The number of hydrogen-bond acceptors (Lipinski definition) is 2. The lowest BCUT2D eigenvalue weighted by Crippen LogP contribution is -2.17. The van der Waals surface area contributed by atoms with Crippen molar-refractivity contribution in [3.05, 3.63) is 65.2 Å². The number of rotatable bonds is 4. The van der Waals surface area contributed by atoms with E-state index >= 15 is 0 Å². The Kier molecular flexibility index (Phi) is 4.00. The molecular weight excluding hydrogens is 222 g/mol. The summed E-state index contributed by atoms with van der Waals surface area (Å²) in [5.74, 6) is 0.932. The SMILES string of the molecule is CNC(c1ccccc1)c1ccc(OC)c(C)c1. The van der Waals surface area contributed by atoms with Crippen molar-refractivity contribution in [2.75, 3.05) is 14.2 Å². The van der Waals surface area contributed by atoms with E-state index in [1.54, 1.807) is 7.11 Å². The van der Waals surface area contributed by atoms with E-state index in [-0.39, 0.29) is 6.04 Å². The number of nitrogens with one attached hydrogen (secondary N) is 1. The minimum Gasteiger partial charge on any atom is -0.496 e. The molecule has 0 bridgehead atoms. The second-order valence-corrected chi connectivity index (χ2v) is 4.36. The van der Waals surface area contributed by atoms with Crippen molar-refractivity contribution in [3.63, 3.8) is 0 Å². The maximum Gasteiger partial charge on any atom is 0.121 e. The van der Waals surface area contributed by atoms with Crippen LogP contribution in [-0.2, 0) is 0 Å². The van der Waals surface area contributed by atoms with Crippen LogP contribution in [0.4, 0.5) is 0 Å². The molecule has 94 valence electrons. The van der Waals surface area contributed by atoms with E-state index in [1.807, 2.05) is 19.2 Å². The van der Waals surface area contributed by atoms with Crippen molar-refractivity contribution < 1.29 is 4.74 Å². The lowest BCUT2D eigenvalue weighted by atomic mass is 9.97. The zero-order valence-electron chi connectivity index (χ0n) is 11.1. The Labute approximate surface area is 109 Å². The monoisotopic (exact) mass is 241 g/mol. The second-order valence-electron chi connectivity index (χ2n) is 4.36. The minimum absolute atomic E-state index is 0.218. The average Bonchev–Trinajstić information content (AvgIpc) is 2.41. The maximum absolute atomic E-state index is 5.30. The summed E-state index contributed by atoms with van der Waals surface area (Å²) in [4.78, 5) is 0. The van der Waals surface area contributed by atoms with Crippen molar-refractivity contribution >= 4 is 0 Å². The Balaban J connectivity index is 2.37. The molecule has 2 aromatic carbocycles. The van der Waals surface area contributed by atoms with Crippen molar-refractivity contribution in [2.24, 2.45) is 0 Å². The lowest BCUT2D eigenvalue weighted by molar-refractivity contribution is 0.411. The van der Waals surface area contributed by atoms with Crippen LogP contribution in [-0.4, -0.2) is 14.2 Å². The van der Waals surface area contributed by atoms with Gasteiger partial charge in [-0.25, -0.2) is 0 Å². The van der Waals surface area contributed by atoms with Gasteiger partial charge in [-0.2, -0.15) is 0 Å². The summed E-state index contributed by atoms with van der Waals surface area (Å²) in [6.45, 7) is 2.07. The van der Waals surface area contributed by atoms with Crippen LogP contribution in [0.15, 0.2) is 48.5 Å². The van der Waals surface area contributed by atoms with Crippen LogP contribution in [0.1, 0.15) is 22.7 Å². The largest absolute Gasteiger partial charge is 0.496 e. The molecule has 1 N–H and O–H groups in total. The topological polar surface area (TPSA) is 21.3 Å². The fraction of sp³-hybridized carbons (Fsp3) is 0.250. The fourth-order valence-corrected chi connectivity index (χ4v) is 2.25. The molecule has 0 heterocycles. The molecule has 0 saturated carbocycles. The van der Waals surface area contributed by atoms with Crippen LogP contribution in [0.2, 0.25) is 0 Å². The van der Waals surface area contributed by atoms with Gasteiger partial charge in [-0.3, -0.25) is 0 Å². The molecule has 0 spiro atoms. The van der Waals surface area contributed by atoms with Gasteiger partial charge in [0.05, 0.1) is 13.2 Å². The Morgan fingerprint density at radius 2 is 1.72 bits per heavy atom. The number of ether oxygens (including phenoxy) is 1. The highest BCUT2D eigenvalue weighted by atomic mass is 16.5. The number of aryl methyl sites for hydroxylation is 1. The molecule has 2 nitrogen and oxygen atoms in total. The van der Waals surface area contributed by atoms with Crippen molar-refractivity contribution in [3.8, 4) is 5.75 Å². The number of methoxy groups -OCH3 is 1. The van der Waals surface area contributed by atoms with Crippen LogP contribution >= 0.6 is 0 Å². The standard InChI is InChI=1S/C16H19NO/c1-12-11-14(9-10-15(12)18-3)16(17-2)13-7-5-4-6-8-13/h4-11,16-17H,1-3H3. The molecule has 0 fully saturated rings. The molecular formula is C16H19NO. The van der Waals surface area contributed by atoms with E-state index < -0.39 is 0 Å². The number of benzene rings is 2. The molecule has 0 aromatic heterocycles. The van der Waals surface area contributed by atoms with Gasteiger partial charge in [0.1, 0.15) is 5.75 Å². The first-order valence-corrected chi connectivity index (χ1v) is 6.13. The molecule has 2 heteroatoms. The zero-order valence-corrected chi connectivity index (χ0v) is 11.1. The predicted octanol–water partition coefficient (Wildman–Crippen LogP) is 3.31. The Morgan fingerprint density at radius 3 is 2.28 bits per heavy atom. The van der Waals surface area contributed by atoms with Gasteiger partial charge in [-0.15, -0.1) is 0 Å². The third kappa shape index (κ3) is 2.54. The molecule has 0 saturated heterocycles. The van der Waals surface area contributed by atoms with Gasteiger partial charge in [0, 0.05) is 0 Å². The first-order chi connectivity index (χ1) is 8.76. The molecule has 0 aliphatic carbocycles. The minimum atomic E-state index is 0.218. The third-order valence-corrected chi connectivity index (χ3v) is 3.17. The maximum atomic E-state index is 5.30. The Bertz CT molecular complexity index is 508. The van der Waals surface area contributed by atoms with Crippen LogP contribution < -0.4 is 10.1 Å². The predicted molar refractivity (Wildman–Crippen MR) is 75.1 cm³/mol. The molecule has 0 aliphatic rings. The van der Waals surface area contributed by atoms with Crippen LogP contribution in [0.3, 0.4) is 0 Å². The van der Waals surface area contributed by atoms with Crippen molar-refractivity contribution in [1.82, 2.24) is 5.32 Å². The van der Waals surface area contributed by atoms with Gasteiger partial charge < -0.3 is 10.1 Å². The van der Waals surface area contributed by atoms with Gasteiger partial charge >= 0.3 is 0 Å². The molecule has 1 unspecified atom stereocenters.